The molecule has 2 aromatic rings. The number of hydrogen-bond acceptors (Lipinski definition) is 6. The molecule has 142 valence electrons. The van der Waals surface area contributed by atoms with Crippen molar-refractivity contribution in [2.24, 2.45) is 0 Å². The number of carbonyl (C=O) groups is 1. The van der Waals surface area contributed by atoms with Crippen LogP contribution in [0.25, 0.3) is 11.1 Å². The number of piperazine rings is 1. The molecule has 2 N–H and O–H groups in total. The molecular weight excluding hydrogens is 342 g/mol. The van der Waals surface area contributed by atoms with Gasteiger partial charge in [-0.25, -0.2) is 0 Å². The first-order chi connectivity index (χ1) is 13.1. The second-order valence-corrected chi connectivity index (χ2v) is 7.80. The molecule has 2 atom stereocenters. The number of amides is 1. The highest BCUT2D eigenvalue weighted by Gasteiger charge is 2.46. The van der Waals surface area contributed by atoms with E-state index in [2.05, 4.69) is 39.0 Å². The van der Waals surface area contributed by atoms with Crippen molar-refractivity contribution in [1.29, 1.82) is 0 Å². The summed E-state index contributed by atoms with van der Waals surface area (Å²) in [5, 5.41) is 6.53. The van der Waals surface area contributed by atoms with Gasteiger partial charge in [0.25, 0.3) is 11.9 Å². The van der Waals surface area contributed by atoms with Gasteiger partial charge in [0.15, 0.2) is 5.58 Å². The molecule has 1 amide bonds. The van der Waals surface area contributed by atoms with Crippen LogP contribution in [-0.4, -0.2) is 67.1 Å². The molecule has 3 aliphatic heterocycles. The zero-order valence-corrected chi connectivity index (χ0v) is 15.6. The van der Waals surface area contributed by atoms with Gasteiger partial charge in [0.05, 0.1) is 5.56 Å². The van der Waals surface area contributed by atoms with Gasteiger partial charge in [0, 0.05) is 44.3 Å². The SMILES string of the molecule is C=C1C2CC(NC(=O)c3cccc4oc(N5CCNCC5)nc34)CC1N2C. The molecular formula is C20H25N5O2. The molecule has 2 bridgehead atoms. The standard InChI is InChI=1S/C20H25N5O2/c1-12-15-10-13(11-16(12)24(15)2)22-19(26)14-4-3-5-17-18(14)23-20(27-17)25-8-6-21-7-9-25/h3-5,13,15-16,21H,1,6-11H2,2H3,(H,22,26). The smallest absolute Gasteiger partial charge is 0.298 e. The second kappa shape index (κ2) is 6.35. The van der Waals surface area contributed by atoms with Crippen LogP contribution in [0.1, 0.15) is 23.2 Å². The summed E-state index contributed by atoms with van der Waals surface area (Å²) >= 11 is 0. The molecule has 7 heteroatoms. The number of hydrogen-bond donors (Lipinski definition) is 2. The first-order valence-electron chi connectivity index (χ1n) is 9.68. The van der Waals surface area contributed by atoms with E-state index in [1.54, 1.807) is 0 Å². The molecule has 4 heterocycles. The van der Waals surface area contributed by atoms with Crippen LogP contribution in [0.15, 0.2) is 34.8 Å². The predicted molar refractivity (Wildman–Crippen MR) is 104 cm³/mol. The number of nitrogens with one attached hydrogen (secondary N) is 2. The summed E-state index contributed by atoms with van der Waals surface area (Å²) in [6.45, 7) is 7.71. The minimum absolute atomic E-state index is 0.0691. The number of nitrogens with zero attached hydrogens (tertiary/aromatic N) is 3. The molecule has 7 nitrogen and oxygen atoms in total. The Hall–Kier alpha value is -2.38. The second-order valence-electron chi connectivity index (χ2n) is 7.80. The topological polar surface area (TPSA) is 73.6 Å². The number of carbonyl (C=O) groups excluding carboxylic acids is 1. The van der Waals surface area contributed by atoms with Crippen LogP contribution in [0.5, 0.6) is 0 Å². The van der Waals surface area contributed by atoms with Gasteiger partial charge in [0.1, 0.15) is 5.52 Å². The third-order valence-electron chi connectivity index (χ3n) is 6.23. The van der Waals surface area contributed by atoms with Crippen molar-refractivity contribution >= 4 is 23.0 Å². The van der Waals surface area contributed by atoms with Crippen LogP contribution in [0.4, 0.5) is 6.01 Å². The van der Waals surface area contributed by atoms with E-state index in [0.717, 1.165) is 39.0 Å². The lowest BCUT2D eigenvalue weighted by Gasteiger charge is -2.55. The molecule has 1 aromatic carbocycles. The Labute approximate surface area is 158 Å². The van der Waals surface area contributed by atoms with Crippen molar-refractivity contribution in [1.82, 2.24) is 20.5 Å². The van der Waals surface area contributed by atoms with E-state index in [1.807, 2.05) is 18.2 Å². The van der Waals surface area contributed by atoms with Crippen molar-refractivity contribution in [2.75, 3.05) is 38.1 Å². The fourth-order valence-electron chi connectivity index (χ4n) is 4.64. The maximum absolute atomic E-state index is 12.9. The summed E-state index contributed by atoms with van der Waals surface area (Å²) in [7, 11) is 2.13. The average molecular weight is 367 g/mol. The Kier molecular flexibility index (Phi) is 3.94. The lowest BCUT2D eigenvalue weighted by Crippen LogP contribution is -2.64. The van der Waals surface area contributed by atoms with Gasteiger partial charge in [-0.2, -0.15) is 4.98 Å². The van der Waals surface area contributed by atoms with Crippen molar-refractivity contribution < 1.29 is 9.21 Å². The Morgan fingerprint density at radius 2 is 2.04 bits per heavy atom. The largest absolute Gasteiger partial charge is 0.423 e. The number of rotatable bonds is 3. The molecule has 6 rings (SSSR count). The minimum atomic E-state index is -0.0691. The quantitative estimate of drug-likeness (QED) is 0.799. The van der Waals surface area contributed by atoms with Crippen LogP contribution >= 0.6 is 0 Å². The monoisotopic (exact) mass is 367 g/mol. The van der Waals surface area contributed by atoms with Crippen molar-refractivity contribution in [2.45, 2.75) is 31.0 Å². The Morgan fingerprint density at radius 1 is 1.30 bits per heavy atom. The number of aromatic nitrogens is 1. The van der Waals surface area contributed by atoms with E-state index in [4.69, 9.17) is 4.42 Å². The van der Waals surface area contributed by atoms with Crippen molar-refractivity contribution in [3.8, 4) is 0 Å². The summed E-state index contributed by atoms with van der Waals surface area (Å²) in [6.07, 6.45) is 1.86. The number of para-hydroxylation sites is 1. The van der Waals surface area contributed by atoms with Crippen LogP contribution in [0.2, 0.25) is 0 Å². The van der Waals surface area contributed by atoms with Gasteiger partial charge in [-0.1, -0.05) is 12.6 Å². The summed E-state index contributed by atoms with van der Waals surface area (Å²) < 4.78 is 5.93. The van der Waals surface area contributed by atoms with Crippen LogP contribution in [0.3, 0.4) is 0 Å². The summed E-state index contributed by atoms with van der Waals surface area (Å²) in [6, 6.07) is 7.15. The summed E-state index contributed by atoms with van der Waals surface area (Å²) in [5.74, 6) is -0.0691. The zero-order valence-electron chi connectivity index (χ0n) is 15.6. The Bertz CT molecular complexity index is 885. The molecule has 0 radical (unpaired) electrons. The van der Waals surface area contributed by atoms with Gasteiger partial charge < -0.3 is 20.0 Å². The van der Waals surface area contributed by atoms with E-state index in [9.17, 15) is 4.79 Å². The van der Waals surface area contributed by atoms with Crippen LogP contribution in [0, 0.1) is 0 Å². The van der Waals surface area contributed by atoms with Gasteiger partial charge in [-0.3, -0.25) is 9.69 Å². The highest BCUT2D eigenvalue weighted by molar-refractivity contribution is 6.04. The maximum Gasteiger partial charge on any atom is 0.298 e. The Balaban J connectivity index is 1.35. The van der Waals surface area contributed by atoms with Gasteiger partial charge in [-0.05, 0) is 37.6 Å². The number of fused-ring (bicyclic) bond motifs is 3. The third kappa shape index (κ3) is 2.73. The molecule has 3 saturated heterocycles. The summed E-state index contributed by atoms with van der Waals surface area (Å²) in [5.41, 5.74) is 3.20. The number of piperidine rings is 1. The van der Waals surface area contributed by atoms with E-state index in [0.29, 0.717) is 34.8 Å². The fraction of sp³-hybridized carbons (Fsp3) is 0.500. The van der Waals surface area contributed by atoms with E-state index in [-0.39, 0.29) is 11.9 Å². The molecule has 1 aliphatic carbocycles. The van der Waals surface area contributed by atoms with Crippen molar-refractivity contribution in [3.63, 3.8) is 0 Å². The highest BCUT2D eigenvalue weighted by atomic mass is 16.4. The van der Waals surface area contributed by atoms with Crippen LogP contribution in [-0.2, 0) is 0 Å². The highest BCUT2D eigenvalue weighted by Crippen LogP contribution is 2.40. The zero-order chi connectivity index (χ0) is 18.5. The number of oxazole rings is 1. The third-order valence-corrected chi connectivity index (χ3v) is 6.23. The molecule has 1 saturated carbocycles. The average Bonchev–Trinajstić information content (AvgIpc) is 3.14. The lowest BCUT2D eigenvalue weighted by atomic mass is 9.74. The number of benzene rings is 1. The van der Waals surface area contributed by atoms with Gasteiger partial charge in [-0.15, -0.1) is 0 Å². The number of likely N-dealkylation sites (N-methyl/N-ethyl adjacent to an activating group) is 1. The predicted octanol–water partition coefficient (Wildman–Crippen LogP) is 1.37. The molecule has 1 aromatic heterocycles. The number of anilines is 1. The first-order valence-corrected chi connectivity index (χ1v) is 9.68. The molecule has 27 heavy (non-hydrogen) atoms. The first kappa shape index (κ1) is 16.8. The van der Waals surface area contributed by atoms with E-state index < -0.39 is 0 Å². The molecule has 4 aliphatic rings. The lowest BCUT2D eigenvalue weighted by molar-refractivity contribution is 0.0481. The van der Waals surface area contributed by atoms with Gasteiger partial charge >= 0.3 is 0 Å². The molecule has 4 fully saturated rings. The molecule has 0 spiro atoms. The van der Waals surface area contributed by atoms with Crippen molar-refractivity contribution in [3.05, 3.63) is 35.9 Å². The van der Waals surface area contributed by atoms with E-state index in [1.165, 1.54) is 5.57 Å². The summed E-state index contributed by atoms with van der Waals surface area (Å²) in [4.78, 5) is 22.1. The molecule has 2 unspecified atom stereocenters. The minimum Gasteiger partial charge on any atom is -0.423 e. The maximum atomic E-state index is 12.9. The Morgan fingerprint density at radius 3 is 2.74 bits per heavy atom. The van der Waals surface area contributed by atoms with Gasteiger partial charge in [0.2, 0.25) is 0 Å². The normalized spacial score (nSPS) is 28.3. The fourth-order valence-corrected chi connectivity index (χ4v) is 4.64. The van der Waals surface area contributed by atoms with E-state index >= 15 is 0 Å². The van der Waals surface area contributed by atoms with Crippen LogP contribution < -0.4 is 15.5 Å².